The molecule has 0 heterocycles. The lowest BCUT2D eigenvalue weighted by Crippen LogP contribution is -2.05. The fourth-order valence-corrected chi connectivity index (χ4v) is 2.45. The minimum atomic E-state index is 0.421. The Labute approximate surface area is 97.8 Å². The molecule has 0 spiro atoms. The number of hydrogen-bond donors (Lipinski definition) is 0. The van der Waals surface area contributed by atoms with Crippen molar-refractivity contribution < 1.29 is 0 Å². The summed E-state index contributed by atoms with van der Waals surface area (Å²) in [6.45, 7) is 10.9. The monoisotopic (exact) mass is 220 g/mol. The molecule has 0 atom stereocenters. The van der Waals surface area contributed by atoms with Gasteiger partial charge in [0.1, 0.15) is 0 Å². The van der Waals surface area contributed by atoms with Crippen LogP contribution in [-0.2, 0) is 0 Å². The van der Waals surface area contributed by atoms with Crippen LogP contribution in [-0.4, -0.2) is 5.75 Å². The lowest BCUT2D eigenvalue weighted by molar-refractivity contribution is 0.402. The van der Waals surface area contributed by atoms with Gasteiger partial charge in [-0.3, -0.25) is 0 Å². The molecule has 0 aliphatic carbocycles. The first-order chi connectivity index (χ1) is 6.99. The van der Waals surface area contributed by atoms with Crippen LogP contribution in [0.2, 0.25) is 0 Å². The number of thioether (sulfide) groups is 1. The van der Waals surface area contributed by atoms with Crippen LogP contribution in [0, 0.1) is 5.41 Å². The minimum Gasteiger partial charge on any atom is -0.126 e. The molecular formula is C14H20S. The van der Waals surface area contributed by atoms with Crippen molar-refractivity contribution in [3.8, 4) is 0 Å². The second-order valence-electron chi connectivity index (χ2n) is 4.95. The molecule has 0 amide bonds. The summed E-state index contributed by atoms with van der Waals surface area (Å²) in [5, 5.41) is 0. The van der Waals surface area contributed by atoms with Crippen LogP contribution in [0.15, 0.2) is 36.9 Å². The van der Waals surface area contributed by atoms with E-state index in [4.69, 9.17) is 0 Å². The summed E-state index contributed by atoms with van der Waals surface area (Å²) in [4.78, 5) is 1.18. The van der Waals surface area contributed by atoms with Crippen LogP contribution in [0.4, 0.5) is 0 Å². The molecule has 0 radical (unpaired) electrons. The predicted molar refractivity (Wildman–Crippen MR) is 72.0 cm³/mol. The van der Waals surface area contributed by atoms with E-state index in [-0.39, 0.29) is 0 Å². The summed E-state index contributed by atoms with van der Waals surface area (Å²) in [7, 11) is 0. The first kappa shape index (κ1) is 12.4. The fourth-order valence-electron chi connectivity index (χ4n) is 1.19. The zero-order valence-electron chi connectivity index (χ0n) is 9.92. The van der Waals surface area contributed by atoms with Crippen LogP contribution >= 0.6 is 11.8 Å². The topological polar surface area (TPSA) is 0 Å². The van der Waals surface area contributed by atoms with Gasteiger partial charge in [-0.25, -0.2) is 0 Å². The lowest BCUT2D eigenvalue weighted by atomic mass is 9.94. The molecule has 0 fully saturated rings. The Kier molecular flexibility index (Phi) is 4.46. The molecule has 0 aliphatic heterocycles. The third kappa shape index (κ3) is 5.08. The second kappa shape index (κ2) is 5.41. The third-order valence-electron chi connectivity index (χ3n) is 2.22. The molecule has 0 unspecified atom stereocenters. The van der Waals surface area contributed by atoms with Crippen LogP contribution in [0.3, 0.4) is 0 Å². The second-order valence-corrected chi connectivity index (χ2v) is 6.14. The zero-order chi connectivity index (χ0) is 11.3. The minimum absolute atomic E-state index is 0.421. The van der Waals surface area contributed by atoms with E-state index >= 15 is 0 Å². The Morgan fingerprint density at radius 3 is 2.33 bits per heavy atom. The van der Waals surface area contributed by atoms with Gasteiger partial charge in [-0.1, -0.05) is 57.7 Å². The number of benzene rings is 1. The quantitative estimate of drug-likeness (QED) is 0.700. The molecule has 1 aromatic carbocycles. The van der Waals surface area contributed by atoms with Gasteiger partial charge in [-0.2, -0.15) is 0 Å². The van der Waals surface area contributed by atoms with Gasteiger partial charge in [-0.15, -0.1) is 11.8 Å². The molecular weight excluding hydrogens is 200 g/mol. The van der Waals surface area contributed by atoms with Crippen molar-refractivity contribution >= 4 is 16.7 Å². The zero-order valence-corrected chi connectivity index (χ0v) is 10.7. The molecule has 1 aromatic rings. The normalized spacial score (nSPS) is 11.4. The van der Waals surface area contributed by atoms with E-state index in [1.807, 2.05) is 17.8 Å². The summed E-state index contributed by atoms with van der Waals surface area (Å²) in [6.07, 6.45) is 1.23. The molecule has 0 aliphatic rings. The van der Waals surface area contributed by atoms with Gasteiger partial charge in [0.15, 0.2) is 0 Å². The third-order valence-corrected chi connectivity index (χ3v) is 3.22. The van der Waals surface area contributed by atoms with Gasteiger partial charge in [0.05, 0.1) is 0 Å². The summed E-state index contributed by atoms with van der Waals surface area (Å²) in [6, 6.07) is 10.4. The maximum absolute atomic E-state index is 4.11. The highest BCUT2D eigenvalue weighted by molar-refractivity contribution is 8.08. The lowest BCUT2D eigenvalue weighted by Gasteiger charge is -2.17. The average Bonchev–Trinajstić information content (AvgIpc) is 2.17. The van der Waals surface area contributed by atoms with Gasteiger partial charge in [0.25, 0.3) is 0 Å². The Balaban J connectivity index is 2.38. The first-order valence-electron chi connectivity index (χ1n) is 5.36. The smallest absolute Gasteiger partial charge is 0.00725 e. The molecule has 0 saturated carbocycles. The highest BCUT2D eigenvalue weighted by Gasteiger charge is 2.10. The molecule has 0 bridgehead atoms. The Morgan fingerprint density at radius 2 is 1.80 bits per heavy atom. The van der Waals surface area contributed by atoms with Crippen molar-refractivity contribution in [2.45, 2.75) is 27.2 Å². The molecule has 0 N–H and O–H groups in total. The molecule has 0 nitrogen and oxygen atoms in total. The largest absolute Gasteiger partial charge is 0.126 e. The molecule has 82 valence electrons. The van der Waals surface area contributed by atoms with E-state index < -0.39 is 0 Å². The van der Waals surface area contributed by atoms with E-state index in [2.05, 4.69) is 51.6 Å². The summed E-state index contributed by atoms with van der Waals surface area (Å²) < 4.78 is 0. The van der Waals surface area contributed by atoms with Crippen LogP contribution < -0.4 is 0 Å². The predicted octanol–water partition coefficient (Wildman–Crippen LogP) is 4.83. The van der Waals surface area contributed by atoms with E-state index in [0.29, 0.717) is 5.41 Å². The molecule has 1 rings (SSSR count). The molecule has 0 aromatic heterocycles. The number of hydrogen-bond acceptors (Lipinski definition) is 1. The molecule has 15 heavy (non-hydrogen) atoms. The SMILES string of the molecule is C=C(SCCC(C)(C)C)c1ccccc1. The van der Waals surface area contributed by atoms with Crippen LogP contribution in [0.1, 0.15) is 32.8 Å². The van der Waals surface area contributed by atoms with Crippen molar-refractivity contribution in [1.82, 2.24) is 0 Å². The average molecular weight is 220 g/mol. The maximum Gasteiger partial charge on any atom is 0.00725 e. The van der Waals surface area contributed by atoms with Crippen molar-refractivity contribution in [3.63, 3.8) is 0 Å². The standard InChI is InChI=1S/C14H20S/c1-12(13-8-6-5-7-9-13)15-11-10-14(2,3)4/h5-9H,1,10-11H2,2-4H3. The summed E-state index contributed by atoms with van der Waals surface area (Å²) in [5.41, 5.74) is 1.67. The maximum atomic E-state index is 4.11. The van der Waals surface area contributed by atoms with Crippen molar-refractivity contribution in [3.05, 3.63) is 42.5 Å². The molecule has 1 heteroatoms. The van der Waals surface area contributed by atoms with Gasteiger partial charge in [0.2, 0.25) is 0 Å². The highest BCUT2D eigenvalue weighted by Crippen LogP contribution is 2.29. The fraction of sp³-hybridized carbons (Fsp3) is 0.429. The van der Waals surface area contributed by atoms with E-state index in [0.717, 1.165) is 5.75 Å². The Morgan fingerprint density at radius 1 is 1.20 bits per heavy atom. The van der Waals surface area contributed by atoms with E-state index in [1.54, 1.807) is 0 Å². The highest BCUT2D eigenvalue weighted by atomic mass is 32.2. The van der Waals surface area contributed by atoms with E-state index in [9.17, 15) is 0 Å². The van der Waals surface area contributed by atoms with Gasteiger partial charge < -0.3 is 0 Å². The van der Waals surface area contributed by atoms with Crippen molar-refractivity contribution in [1.29, 1.82) is 0 Å². The first-order valence-corrected chi connectivity index (χ1v) is 6.35. The summed E-state index contributed by atoms with van der Waals surface area (Å²) in [5.74, 6) is 1.15. The van der Waals surface area contributed by atoms with Gasteiger partial charge in [0, 0.05) is 4.91 Å². The molecule has 0 saturated heterocycles. The number of rotatable bonds is 4. The van der Waals surface area contributed by atoms with Crippen molar-refractivity contribution in [2.75, 3.05) is 5.75 Å². The Bertz CT molecular complexity index is 306. The van der Waals surface area contributed by atoms with Crippen molar-refractivity contribution in [2.24, 2.45) is 5.41 Å². The van der Waals surface area contributed by atoms with Crippen LogP contribution in [0.25, 0.3) is 4.91 Å². The van der Waals surface area contributed by atoms with Gasteiger partial charge in [-0.05, 0) is 23.2 Å². The van der Waals surface area contributed by atoms with Gasteiger partial charge >= 0.3 is 0 Å². The summed E-state index contributed by atoms with van der Waals surface area (Å²) >= 11 is 1.86. The van der Waals surface area contributed by atoms with E-state index in [1.165, 1.54) is 16.9 Å². The Hall–Kier alpha value is -0.690. The van der Waals surface area contributed by atoms with Crippen LogP contribution in [0.5, 0.6) is 0 Å².